The van der Waals surface area contributed by atoms with Crippen LogP contribution in [0.2, 0.25) is 0 Å². The molecule has 4 nitrogen and oxygen atoms in total. The summed E-state index contributed by atoms with van der Waals surface area (Å²) in [6.45, 7) is 7.19. The maximum atomic E-state index is 12.0. The molecule has 0 N–H and O–H groups in total. The monoisotopic (exact) mass is 253 g/mol. The summed E-state index contributed by atoms with van der Waals surface area (Å²) in [7, 11) is 0. The van der Waals surface area contributed by atoms with Crippen LogP contribution in [-0.2, 0) is 9.53 Å². The smallest absolute Gasteiger partial charge is 0.410 e. The summed E-state index contributed by atoms with van der Waals surface area (Å²) in [5.74, 6) is 1.24. The van der Waals surface area contributed by atoms with Gasteiger partial charge in [0.2, 0.25) is 0 Å². The number of ether oxygens (including phenoxy) is 1. The molecule has 0 bridgehead atoms. The second-order valence-corrected chi connectivity index (χ2v) is 6.53. The zero-order valence-corrected chi connectivity index (χ0v) is 11.5. The minimum atomic E-state index is -0.436. The Morgan fingerprint density at radius 1 is 1.39 bits per heavy atom. The van der Waals surface area contributed by atoms with Crippen LogP contribution in [0.3, 0.4) is 0 Å². The largest absolute Gasteiger partial charge is 0.444 e. The van der Waals surface area contributed by atoms with Crippen molar-refractivity contribution < 1.29 is 14.3 Å². The summed E-state index contributed by atoms with van der Waals surface area (Å²) >= 11 is 0. The van der Waals surface area contributed by atoms with Gasteiger partial charge in [-0.3, -0.25) is 0 Å². The number of aldehydes is 1. The SMILES string of the molecule is CC(C)(C)OC(=O)N1CCC[C@H]([C@@H]2C[C@@H]2C=O)C1. The highest BCUT2D eigenvalue weighted by Crippen LogP contribution is 2.45. The normalized spacial score (nSPS) is 31.9. The molecule has 18 heavy (non-hydrogen) atoms. The third-order valence-electron chi connectivity index (χ3n) is 3.78. The van der Waals surface area contributed by atoms with E-state index in [1.54, 1.807) is 4.90 Å². The van der Waals surface area contributed by atoms with Crippen LogP contribution in [0.1, 0.15) is 40.0 Å². The van der Waals surface area contributed by atoms with Gasteiger partial charge in [0.1, 0.15) is 11.9 Å². The second-order valence-electron chi connectivity index (χ2n) is 6.53. The van der Waals surface area contributed by atoms with E-state index in [-0.39, 0.29) is 12.0 Å². The molecule has 3 atom stereocenters. The molecule has 0 aromatic heterocycles. The van der Waals surface area contributed by atoms with Crippen molar-refractivity contribution in [2.75, 3.05) is 13.1 Å². The van der Waals surface area contributed by atoms with Crippen molar-refractivity contribution >= 4 is 12.4 Å². The van der Waals surface area contributed by atoms with Crippen molar-refractivity contribution in [1.82, 2.24) is 4.90 Å². The van der Waals surface area contributed by atoms with Gasteiger partial charge in [-0.25, -0.2) is 4.79 Å². The molecule has 1 aliphatic heterocycles. The number of nitrogens with zero attached hydrogens (tertiary/aromatic N) is 1. The predicted molar refractivity (Wildman–Crippen MR) is 68.2 cm³/mol. The van der Waals surface area contributed by atoms with Crippen LogP contribution in [0.5, 0.6) is 0 Å². The second kappa shape index (κ2) is 4.90. The molecule has 0 spiro atoms. The van der Waals surface area contributed by atoms with Crippen LogP contribution in [0, 0.1) is 17.8 Å². The molecule has 1 aliphatic carbocycles. The molecule has 102 valence electrons. The Kier molecular flexibility index (Phi) is 3.64. The van der Waals surface area contributed by atoms with Crippen molar-refractivity contribution in [3.63, 3.8) is 0 Å². The van der Waals surface area contributed by atoms with E-state index in [2.05, 4.69) is 0 Å². The van der Waals surface area contributed by atoms with Gasteiger partial charge in [0.05, 0.1) is 0 Å². The highest BCUT2D eigenvalue weighted by atomic mass is 16.6. The summed E-state index contributed by atoms with van der Waals surface area (Å²) in [4.78, 5) is 24.5. The fourth-order valence-electron chi connectivity index (χ4n) is 2.79. The first kappa shape index (κ1) is 13.4. The molecule has 1 heterocycles. The fraction of sp³-hybridized carbons (Fsp3) is 0.857. The minimum Gasteiger partial charge on any atom is -0.444 e. The van der Waals surface area contributed by atoms with E-state index in [4.69, 9.17) is 4.74 Å². The lowest BCUT2D eigenvalue weighted by molar-refractivity contribution is -0.109. The van der Waals surface area contributed by atoms with E-state index in [0.717, 1.165) is 38.6 Å². The van der Waals surface area contributed by atoms with Crippen LogP contribution in [0.25, 0.3) is 0 Å². The van der Waals surface area contributed by atoms with Crippen LogP contribution < -0.4 is 0 Å². The topological polar surface area (TPSA) is 46.6 Å². The lowest BCUT2D eigenvalue weighted by atomic mass is 9.92. The number of piperidine rings is 1. The first-order chi connectivity index (χ1) is 8.40. The zero-order chi connectivity index (χ0) is 13.3. The summed E-state index contributed by atoms with van der Waals surface area (Å²) in [6.07, 6.45) is 4.02. The van der Waals surface area contributed by atoms with Crippen LogP contribution in [0.15, 0.2) is 0 Å². The van der Waals surface area contributed by atoms with E-state index >= 15 is 0 Å². The van der Waals surface area contributed by atoms with Gasteiger partial charge in [0, 0.05) is 19.0 Å². The summed E-state index contributed by atoms with van der Waals surface area (Å²) in [6, 6.07) is 0. The van der Waals surface area contributed by atoms with E-state index < -0.39 is 5.60 Å². The summed E-state index contributed by atoms with van der Waals surface area (Å²) in [5, 5.41) is 0. The van der Waals surface area contributed by atoms with Crippen molar-refractivity contribution in [2.24, 2.45) is 17.8 Å². The Bertz CT molecular complexity index is 334. The molecule has 1 amide bonds. The fourth-order valence-corrected chi connectivity index (χ4v) is 2.79. The van der Waals surface area contributed by atoms with E-state index in [1.807, 2.05) is 20.8 Å². The van der Waals surface area contributed by atoms with E-state index in [9.17, 15) is 9.59 Å². The molecule has 0 aromatic rings. The first-order valence-electron chi connectivity index (χ1n) is 6.84. The van der Waals surface area contributed by atoms with Gasteiger partial charge in [0.25, 0.3) is 0 Å². The van der Waals surface area contributed by atoms with Gasteiger partial charge in [-0.1, -0.05) is 0 Å². The number of likely N-dealkylation sites (tertiary alicyclic amines) is 1. The molecule has 1 saturated heterocycles. The number of carbonyl (C=O) groups excluding carboxylic acids is 2. The van der Waals surface area contributed by atoms with Gasteiger partial charge in [-0.15, -0.1) is 0 Å². The number of hydrogen-bond donors (Lipinski definition) is 0. The Morgan fingerprint density at radius 2 is 2.11 bits per heavy atom. The van der Waals surface area contributed by atoms with Crippen molar-refractivity contribution in [3.8, 4) is 0 Å². The Labute approximate surface area is 109 Å². The molecule has 2 aliphatic rings. The van der Waals surface area contributed by atoms with Gasteiger partial charge in [-0.05, 0) is 51.9 Å². The van der Waals surface area contributed by atoms with Gasteiger partial charge in [0.15, 0.2) is 0 Å². The number of carbonyl (C=O) groups is 2. The van der Waals surface area contributed by atoms with Crippen LogP contribution >= 0.6 is 0 Å². The maximum absolute atomic E-state index is 12.0. The van der Waals surface area contributed by atoms with Crippen molar-refractivity contribution in [3.05, 3.63) is 0 Å². The zero-order valence-electron chi connectivity index (χ0n) is 11.5. The Hall–Kier alpha value is -1.06. The third-order valence-corrected chi connectivity index (χ3v) is 3.78. The Morgan fingerprint density at radius 3 is 2.67 bits per heavy atom. The number of rotatable bonds is 2. The van der Waals surface area contributed by atoms with Gasteiger partial charge >= 0.3 is 6.09 Å². The van der Waals surface area contributed by atoms with E-state index in [1.165, 1.54) is 0 Å². The number of hydrogen-bond acceptors (Lipinski definition) is 3. The van der Waals surface area contributed by atoms with E-state index in [0.29, 0.717) is 11.8 Å². The highest BCUT2D eigenvalue weighted by molar-refractivity contribution is 5.68. The summed E-state index contributed by atoms with van der Waals surface area (Å²) < 4.78 is 5.40. The van der Waals surface area contributed by atoms with Gasteiger partial charge < -0.3 is 14.4 Å². The molecule has 2 fully saturated rings. The maximum Gasteiger partial charge on any atom is 0.410 e. The summed E-state index contributed by atoms with van der Waals surface area (Å²) in [5.41, 5.74) is -0.436. The highest BCUT2D eigenvalue weighted by Gasteiger charge is 2.44. The lowest BCUT2D eigenvalue weighted by Gasteiger charge is -2.34. The standard InChI is InChI=1S/C14H23NO3/c1-14(2,3)18-13(17)15-6-4-5-10(8-15)12-7-11(12)9-16/h9-12H,4-8H2,1-3H3/t10-,11+,12-/m0/s1. The Balaban J connectivity index is 1.87. The lowest BCUT2D eigenvalue weighted by Crippen LogP contribution is -2.43. The molecule has 0 aromatic carbocycles. The molecule has 1 saturated carbocycles. The molecule has 0 unspecified atom stereocenters. The third kappa shape index (κ3) is 3.24. The average Bonchev–Trinajstić information content (AvgIpc) is 3.06. The van der Waals surface area contributed by atoms with Crippen LogP contribution in [0.4, 0.5) is 4.79 Å². The molecular formula is C14H23NO3. The number of amides is 1. The molecular weight excluding hydrogens is 230 g/mol. The average molecular weight is 253 g/mol. The molecule has 0 radical (unpaired) electrons. The molecule has 2 rings (SSSR count). The van der Waals surface area contributed by atoms with Crippen molar-refractivity contribution in [2.45, 2.75) is 45.6 Å². The first-order valence-corrected chi connectivity index (χ1v) is 6.84. The van der Waals surface area contributed by atoms with Crippen LogP contribution in [-0.4, -0.2) is 36.0 Å². The van der Waals surface area contributed by atoms with Crippen molar-refractivity contribution in [1.29, 1.82) is 0 Å². The minimum absolute atomic E-state index is 0.212. The molecule has 4 heteroatoms. The quantitative estimate of drug-likeness (QED) is 0.710. The van der Waals surface area contributed by atoms with Gasteiger partial charge in [-0.2, -0.15) is 0 Å². The predicted octanol–water partition coefficient (Wildman–Crippen LogP) is 2.47.